The molecule has 0 saturated carbocycles. The van der Waals surface area contributed by atoms with Gasteiger partial charge in [-0.1, -0.05) is 20.3 Å². The number of halogens is 1. The summed E-state index contributed by atoms with van der Waals surface area (Å²) in [5.41, 5.74) is 6.79. The van der Waals surface area contributed by atoms with Crippen LogP contribution in [0.15, 0.2) is 18.2 Å². The quantitative estimate of drug-likeness (QED) is 0.831. The molecule has 0 heterocycles. The summed E-state index contributed by atoms with van der Waals surface area (Å²) >= 11 is 0. The monoisotopic (exact) mass is 211 g/mol. The molecule has 0 aliphatic rings. The van der Waals surface area contributed by atoms with E-state index < -0.39 is 0 Å². The number of hydrogen-bond acceptors (Lipinski definition) is 2. The van der Waals surface area contributed by atoms with Crippen molar-refractivity contribution in [3.8, 4) is 5.75 Å². The molecule has 2 nitrogen and oxygen atoms in total. The minimum absolute atomic E-state index is 0.180. The average Bonchev–Trinajstić information content (AvgIpc) is 2.27. The van der Waals surface area contributed by atoms with Crippen LogP contribution in [0.5, 0.6) is 5.75 Å². The molecular weight excluding hydrogens is 193 g/mol. The second-order valence-corrected chi connectivity index (χ2v) is 3.80. The third kappa shape index (κ3) is 2.69. The highest BCUT2D eigenvalue weighted by molar-refractivity contribution is 5.36. The van der Waals surface area contributed by atoms with Crippen molar-refractivity contribution in [3.05, 3.63) is 29.6 Å². The molecule has 0 fully saturated rings. The van der Waals surface area contributed by atoms with Gasteiger partial charge >= 0.3 is 0 Å². The highest BCUT2D eigenvalue weighted by atomic mass is 19.1. The maximum atomic E-state index is 13.1. The largest absolute Gasteiger partial charge is 0.496 e. The summed E-state index contributed by atoms with van der Waals surface area (Å²) in [7, 11) is 1.57. The molecule has 84 valence electrons. The Morgan fingerprint density at radius 2 is 2.13 bits per heavy atom. The van der Waals surface area contributed by atoms with Crippen molar-refractivity contribution < 1.29 is 9.13 Å². The van der Waals surface area contributed by atoms with Gasteiger partial charge in [-0.2, -0.15) is 0 Å². The summed E-state index contributed by atoms with van der Waals surface area (Å²) in [5.74, 6) is 0.689. The van der Waals surface area contributed by atoms with Gasteiger partial charge in [-0.15, -0.1) is 0 Å². The molecule has 1 aromatic rings. The molecule has 0 spiro atoms. The molecule has 2 atom stereocenters. The standard InChI is InChI=1S/C12H18FNO/c1-4-8(2)12(14)10-7-9(13)5-6-11(10)15-3/h5-8,12H,4,14H2,1-3H3. The van der Waals surface area contributed by atoms with Crippen LogP contribution in [0, 0.1) is 11.7 Å². The number of methoxy groups -OCH3 is 1. The van der Waals surface area contributed by atoms with Crippen molar-refractivity contribution >= 4 is 0 Å². The predicted octanol–water partition coefficient (Wildman–Crippen LogP) is 2.88. The van der Waals surface area contributed by atoms with Gasteiger partial charge in [-0.05, 0) is 24.1 Å². The molecule has 0 bridgehead atoms. The Morgan fingerprint density at radius 1 is 1.47 bits per heavy atom. The van der Waals surface area contributed by atoms with Crippen LogP contribution in [-0.2, 0) is 0 Å². The number of nitrogens with two attached hydrogens (primary N) is 1. The molecule has 0 aliphatic carbocycles. The summed E-state index contributed by atoms with van der Waals surface area (Å²) < 4.78 is 18.3. The van der Waals surface area contributed by atoms with Gasteiger partial charge in [0.15, 0.2) is 0 Å². The Bertz CT molecular complexity index is 327. The lowest BCUT2D eigenvalue weighted by Crippen LogP contribution is -2.19. The highest BCUT2D eigenvalue weighted by Crippen LogP contribution is 2.30. The Labute approximate surface area is 90.2 Å². The van der Waals surface area contributed by atoms with E-state index in [4.69, 9.17) is 10.5 Å². The first-order valence-corrected chi connectivity index (χ1v) is 5.19. The molecule has 0 radical (unpaired) electrons. The number of rotatable bonds is 4. The Balaban J connectivity index is 3.05. The SMILES string of the molecule is CCC(C)C(N)c1cc(F)ccc1OC. The van der Waals surface area contributed by atoms with Crippen LogP contribution in [0.2, 0.25) is 0 Å². The van der Waals surface area contributed by atoms with Gasteiger partial charge in [0.1, 0.15) is 11.6 Å². The summed E-state index contributed by atoms with van der Waals surface area (Å²) in [6, 6.07) is 4.27. The predicted molar refractivity (Wildman–Crippen MR) is 59.3 cm³/mol. The molecule has 0 saturated heterocycles. The van der Waals surface area contributed by atoms with E-state index in [0.29, 0.717) is 11.7 Å². The third-order valence-electron chi connectivity index (χ3n) is 2.81. The summed E-state index contributed by atoms with van der Waals surface area (Å²) in [4.78, 5) is 0. The maximum absolute atomic E-state index is 13.1. The van der Waals surface area contributed by atoms with Crippen LogP contribution in [-0.4, -0.2) is 7.11 Å². The second-order valence-electron chi connectivity index (χ2n) is 3.80. The molecule has 3 heteroatoms. The first kappa shape index (κ1) is 12.0. The van der Waals surface area contributed by atoms with Crippen LogP contribution in [0.3, 0.4) is 0 Å². The van der Waals surface area contributed by atoms with Crippen molar-refractivity contribution in [3.63, 3.8) is 0 Å². The fraction of sp³-hybridized carbons (Fsp3) is 0.500. The summed E-state index contributed by atoms with van der Waals surface area (Å²) in [6.45, 7) is 4.12. The lowest BCUT2D eigenvalue weighted by atomic mass is 9.93. The lowest BCUT2D eigenvalue weighted by molar-refractivity contribution is 0.386. The van der Waals surface area contributed by atoms with Crippen molar-refractivity contribution in [1.82, 2.24) is 0 Å². The van der Waals surface area contributed by atoms with Gasteiger partial charge in [-0.3, -0.25) is 0 Å². The van der Waals surface area contributed by atoms with Gasteiger partial charge in [-0.25, -0.2) is 4.39 Å². The first-order chi connectivity index (χ1) is 7.10. The van der Waals surface area contributed by atoms with Crippen molar-refractivity contribution in [2.45, 2.75) is 26.3 Å². The maximum Gasteiger partial charge on any atom is 0.123 e. The highest BCUT2D eigenvalue weighted by Gasteiger charge is 2.17. The van der Waals surface area contributed by atoms with Crippen molar-refractivity contribution in [2.24, 2.45) is 11.7 Å². The topological polar surface area (TPSA) is 35.2 Å². The second kappa shape index (κ2) is 5.12. The zero-order valence-electron chi connectivity index (χ0n) is 9.46. The van der Waals surface area contributed by atoms with E-state index in [1.54, 1.807) is 13.2 Å². The molecule has 0 aliphatic heterocycles. The van der Waals surface area contributed by atoms with Gasteiger partial charge in [0.05, 0.1) is 7.11 Å². The van der Waals surface area contributed by atoms with E-state index in [1.807, 2.05) is 0 Å². The number of hydrogen-bond donors (Lipinski definition) is 1. The molecule has 15 heavy (non-hydrogen) atoms. The zero-order chi connectivity index (χ0) is 11.4. The number of ether oxygens (including phenoxy) is 1. The van der Waals surface area contributed by atoms with Gasteiger partial charge in [0.2, 0.25) is 0 Å². The Morgan fingerprint density at radius 3 is 2.67 bits per heavy atom. The molecule has 1 aromatic carbocycles. The fourth-order valence-electron chi connectivity index (χ4n) is 1.53. The van der Waals surface area contributed by atoms with E-state index in [1.165, 1.54) is 12.1 Å². The van der Waals surface area contributed by atoms with Crippen LogP contribution in [0.4, 0.5) is 4.39 Å². The van der Waals surface area contributed by atoms with Gasteiger partial charge in [0.25, 0.3) is 0 Å². The van der Waals surface area contributed by atoms with Gasteiger partial charge in [0, 0.05) is 11.6 Å². The van der Waals surface area contributed by atoms with Crippen molar-refractivity contribution in [1.29, 1.82) is 0 Å². The third-order valence-corrected chi connectivity index (χ3v) is 2.81. The molecule has 0 aromatic heterocycles. The van der Waals surface area contributed by atoms with Crippen LogP contribution in [0.25, 0.3) is 0 Å². The van der Waals surface area contributed by atoms with E-state index in [0.717, 1.165) is 12.0 Å². The van der Waals surface area contributed by atoms with E-state index >= 15 is 0 Å². The normalized spacial score (nSPS) is 14.7. The average molecular weight is 211 g/mol. The van der Waals surface area contributed by atoms with Crippen LogP contribution >= 0.6 is 0 Å². The summed E-state index contributed by atoms with van der Waals surface area (Å²) in [5, 5.41) is 0. The molecule has 1 rings (SSSR count). The minimum atomic E-state index is -0.274. The van der Waals surface area contributed by atoms with Crippen LogP contribution in [0.1, 0.15) is 31.9 Å². The Kier molecular flexibility index (Phi) is 4.09. The van der Waals surface area contributed by atoms with Crippen molar-refractivity contribution in [2.75, 3.05) is 7.11 Å². The fourth-order valence-corrected chi connectivity index (χ4v) is 1.53. The summed E-state index contributed by atoms with van der Waals surface area (Å²) in [6.07, 6.45) is 0.959. The molecule has 0 amide bonds. The van der Waals surface area contributed by atoms with Crippen LogP contribution < -0.4 is 10.5 Å². The Hall–Kier alpha value is -1.09. The smallest absolute Gasteiger partial charge is 0.123 e. The zero-order valence-corrected chi connectivity index (χ0v) is 9.46. The van der Waals surface area contributed by atoms with E-state index in [2.05, 4.69) is 13.8 Å². The number of benzene rings is 1. The van der Waals surface area contributed by atoms with E-state index in [9.17, 15) is 4.39 Å². The first-order valence-electron chi connectivity index (χ1n) is 5.19. The minimum Gasteiger partial charge on any atom is -0.496 e. The van der Waals surface area contributed by atoms with E-state index in [-0.39, 0.29) is 11.9 Å². The molecular formula is C12H18FNO. The molecule has 2 N–H and O–H groups in total. The molecule has 2 unspecified atom stereocenters. The lowest BCUT2D eigenvalue weighted by Gasteiger charge is -2.20. The van der Waals surface area contributed by atoms with Gasteiger partial charge < -0.3 is 10.5 Å².